The number of aromatic hydroxyl groups is 2. The zero-order chi connectivity index (χ0) is 15.7. The molecule has 0 heterocycles. The molecule has 3 rings (SSSR count). The highest BCUT2D eigenvalue weighted by Crippen LogP contribution is 2.37. The van der Waals surface area contributed by atoms with Gasteiger partial charge >= 0.3 is 0 Å². The Labute approximate surface area is 129 Å². The summed E-state index contributed by atoms with van der Waals surface area (Å²) in [5.74, 6) is 1.22. The molecule has 0 spiro atoms. The fraction of sp³-hybridized carbons (Fsp3) is 0.158. The van der Waals surface area contributed by atoms with Crippen molar-refractivity contribution in [3.8, 4) is 28.4 Å². The number of fused-ring (bicyclic) bond motifs is 1. The predicted octanol–water partition coefficient (Wildman–Crippen LogP) is 4.71. The molecule has 0 fully saturated rings. The van der Waals surface area contributed by atoms with Gasteiger partial charge in [0.05, 0.1) is 6.10 Å². The lowest BCUT2D eigenvalue weighted by Crippen LogP contribution is -2.05. The van der Waals surface area contributed by atoms with E-state index >= 15 is 0 Å². The number of ether oxygens (including phenoxy) is 1. The third-order valence-corrected chi connectivity index (χ3v) is 3.51. The minimum absolute atomic E-state index is 0.132. The molecule has 0 unspecified atom stereocenters. The van der Waals surface area contributed by atoms with Crippen LogP contribution in [0.2, 0.25) is 0 Å². The third-order valence-electron chi connectivity index (χ3n) is 3.51. The summed E-state index contributed by atoms with van der Waals surface area (Å²) < 4.78 is 5.63. The number of hydrogen-bond donors (Lipinski definition) is 2. The Hall–Kier alpha value is -2.68. The quantitative estimate of drug-likeness (QED) is 0.735. The molecule has 3 nitrogen and oxygen atoms in total. The Kier molecular flexibility index (Phi) is 3.63. The second kappa shape index (κ2) is 5.60. The zero-order valence-electron chi connectivity index (χ0n) is 12.6. The van der Waals surface area contributed by atoms with Crippen molar-refractivity contribution in [2.24, 2.45) is 0 Å². The molecule has 0 radical (unpaired) electrons. The van der Waals surface area contributed by atoms with E-state index in [0.29, 0.717) is 0 Å². The van der Waals surface area contributed by atoms with Crippen LogP contribution in [0.15, 0.2) is 54.6 Å². The average Bonchev–Trinajstić information content (AvgIpc) is 2.48. The molecular formula is C19H18O3. The van der Waals surface area contributed by atoms with Gasteiger partial charge in [-0.05, 0) is 55.1 Å². The fourth-order valence-corrected chi connectivity index (χ4v) is 2.52. The van der Waals surface area contributed by atoms with Crippen LogP contribution in [0.1, 0.15) is 13.8 Å². The van der Waals surface area contributed by atoms with E-state index in [1.54, 1.807) is 18.2 Å². The zero-order valence-corrected chi connectivity index (χ0v) is 12.6. The van der Waals surface area contributed by atoms with Gasteiger partial charge in [0.15, 0.2) is 0 Å². The molecule has 3 aromatic rings. The van der Waals surface area contributed by atoms with Crippen LogP contribution in [0.5, 0.6) is 17.2 Å². The molecule has 0 bridgehead atoms. The van der Waals surface area contributed by atoms with Crippen molar-refractivity contribution in [3.05, 3.63) is 54.6 Å². The first-order valence-electron chi connectivity index (χ1n) is 7.26. The summed E-state index contributed by atoms with van der Waals surface area (Å²) in [6.45, 7) is 3.97. The van der Waals surface area contributed by atoms with Gasteiger partial charge in [-0.2, -0.15) is 0 Å². The first kappa shape index (κ1) is 14.3. The lowest BCUT2D eigenvalue weighted by Gasteiger charge is -2.12. The minimum Gasteiger partial charge on any atom is -0.508 e. The van der Waals surface area contributed by atoms with Gasteiger partial charge in [0.25, 0.3) is 0 Å². The van der Waals surface area contributed by atoms with Crippen LogP contribution in [0.4, 0.5) is 0 Å². The van der Waals surface area contributed by atoms with Crippen molar-refractivity contribution in [1.29, 1.82) is 0 Å². The van der Waals surface area contributed by atoms with Crippen molar-refractivity contribution in [1.82, 2.24) is 0 Å². The van der Waals surface area contributed by atoms with Gasteiger partial charge in [0.2, 0.25) is 0 Å². The average molecular weight is 294 g/mol. The fourth-order valence-electron chi connectivity index (χ4n) is 2.52. The molecule has 3 heteroatoms. The summed E-state index contributed by atoms with van der Waals surface area (Å²) in [6, 6.07) is 16.3. The summed E-state index contributed by atoms with van der Waals surface area (Å²) >= 11 is 0. The van der Waals surface area contributed by atoms with Gasteiger partial charge in [-0.3, -0.25) is 0 Å². The van der Waals surface area contributed by atoms with Crippen LogP contribution in [-0.4, -0.2) is 16.3 Å². The lowest BCUT2D eigenvalue weighted by atomic mass is 9.99. The van der Waals surface area contributed by atoms with E-state index in [2.05, 4.69) is 0 Å². The SMILES string of the molecule is CC(C)Oc1ccc(-c2ccc3cc(O)ccc3c2O)cc1. The number of hydrogen-bond acceptors (Lipinski definition) is 3. The smallest absolute Gasteiger partial charge is 0.131 e. The Morgan fingerprint density at radius 2 is 1.59 bits per heavy atom. The van der Waals surface area contributed by atoms with Crippen molar-refractivity contribution in [2.45, 2.75) is 20.0 Å². The summed E-state index contributed by atoms with van der Waals surface area (Å²) in [6.07, 6.45) is 0.132. The van der Waals surface area contributed by atoms with Gasteiger partial charge in [-0.1, -0.05) is 24.3 Å². The maximum absolute atomic E-state index is 10.5. The Morgan fingerprint density at radius 3 is 2.27 bits per heavy atom. The van der Waals surface area contributed by atoms with Crippen LogP contribution in [-0.2, 0) is 0 Å². The number of rotatable bonds is 3. The Morgan fingerprint density at radius 1 is 0.864 bits per heavy atom. The van der Waals surface area contributed by atoms with E-state index in [4.69, 9.17) is 4.74 Å². The molecule has 2 N–H and O–H groups in total. The number of phenols is 2. The van der Waals surface area contributed by atoms with E-state index in [-0.39, 0.29) is 17.6 Å². The van der Waals surface area contributed by atoms with Gasteiger partial charge in [0, 0.05) is 10.9 Å². The molecule has 0 aromatic heterocycles. The monoisotopic (exact) mass is 294 g/mol. The molecule has 0 aliphatic rings. The van der Waals surface area contributed by atoms with Crippen LogP contribution >= 0.6 is 0 Å². The summed E-state index contributed by atoms with van der Waals surface area (Å²) in [5, 5.41) is 21.5. The first-order chi connectivity index (χ1) is 10.5. The molecule has 0 aliphatic heterocycles. The molecule has 0 saturated carbocycles. The predicted molar refractivity (Wildman–Crippen MR) is 88.5 cm³/mol. The van der Waals surface area contributed by atoms with Crippen molar-refractivity contribution < 1.29 is 14.9 Å². The van der Waals surface area contributed by atoms with Crippen LogP contribution in [0.25, 0.3) is 21.9 Å². The first-order valence-corrected chi connectivity index (χ1v) is 7.26. The molecular weight excluding hydrogens is 276 g/mol. The van der Waals surface area contributed by atoms with Crippen LogP contribution in [0, 0.1) is 0 Å². The lowest BCUT2D eigenvalue weighted by molar-refractivity contribution is 0.242. The highest BCUT2D eigenvalue weighted by Gasteiger charge is 2.09. The minimum atomic E-state index is 0.132. The van der Waals surface area contributed by atoms with E-state index in [1.807, 2.05) is 50.2 Å². The second-order valence-corrected chi connectivity index (χ2v) is 5.56. The van der Waals surface area contributed by atoms with Crippen LogP contribution < -0.4 is 4.74 Å². The van der Waals surface area contributed by atoms with Gasteiger partial charge in [-0.15, -0.1) is 0 Å². The molecule has 0 saturated heterocycles. The molecule has 0 atom stereocenters. The highest BCUT2D eigenvalue weighted by atomic mass is 16.5. The largest absolute Gasteiger partial charge is 0.508 e. The van der Waals surface area contributed by atoms with Crippen LogP contribution in [0.3, 0.4) is 0 Å². The molecule has 0 aliphatic carbocycles. The van der Waals surface area contributed by atoms with Gasteiger partial charge in [0.1, 0.15) is 17.2 Å². The third kappa shape index (κ3) is 2.70. The number of phenolic OH excluding ortho intramolecular Hbond substituents is 2. The summed E-state index contributed by atoms with van der Waals surface area (Å²) in [4.78, 5) is 0. The molecule has 112 valence electrons. The summed E-state index contributed by atoms with van der Waals surface area (Å²) in [5.41, 5.74) is 1.68. The van der Waals surface area contributed by atoms with Gasteiger partial charge in [-0.25, -0.2) is 0 Å². The van der Waals surface area contributed by atoms with E-state index in [0.717, 1.165) is 27.6 Å². The van der Waals surface area contributed by atoms with Crippen molar-refractivity contribution in [2.75, 3.05) is 0 Å². The molecule has 3 aromatic carbocycles. The van der Waals surface area contributed by atoms with E-state index < -0.39 is 0 Å². The van der Waals surface area contributed by atoms with Crippen molar-refractivity contribution in [3.63, 3.8) is 0 Å². The van der Waals surface area contributed by atoms with Crippen molar-refractivity contribution >= 4 is 10.8 Å². The summed E-state index contributed by atoms with van der Waals surface area (Å²) in [7, 11) is 0. The Bertz CT molecular complexity index is 805. The van der Waals surface area contributed by atoms with E-state index in [9.17, 15) is 10.2 Å². The van der Waals surface area contributed by atoms with Gasteiger partial charge < -0.3 is 14.9 Å². The van der Waals surface area contributed by atoms with E-state index in [1.165, 1.54) is 0 Å². The topological polar surface area (TPSA) is 49.7 Å². The molecule has 0 amide bonds. The maximum atomic E-state index is 10.5. The highest BCUT2D eigenvalue weighted by molar-refractivity contribution is 5.95. The Balaban J connectivity index is 2.02. The standard InChI is InChI=1S/C19H18O3/c1-12(2)22-16-7-3-13(4-8-16)17-9-5-14-11-15(20)6-10-18(14)19(17)21/h3-12,20-21H,1-2H3. The number of benzene rings is 3. The molecule has 22 heavy (non-hydrogen) atoms. The normalized spacial score (nSPS) is 11.0. The maximum Gasteiger partial charge on any atom is 0.131 e. The second-order valence-electron chi connectivity index (χ2n) is 5.56.